The van der Waals surface area contributed by atoms with Crippen molar-refractivity contribution in [2.75, 3.05) is 7.11 Å². The Balaban J connectivity index is 2.50. The minimum absolute atomic E-state index is 0.0121. The third kappa shape index (κ3) is 4.97. The summed E-state index contributed by atoms with van der Waals surface area (Å²) >= 11 is 0. The van der Waals surface area contributed by atoms with Gasteiger partial charge < -0.3 is 15.2 Å². The number of ether oxygens (including phenoxy) is 2. The molecule has 0 unspecified atom stereocenters. The van der Waals surface area contributed by atoms with Crippen molar-refractivity contribution < 1.29 is 23.9 Å². The largest absolute Gasteiger partial charge is 0.497 e. The number of rotatable bonds is 5. The molecule has 1 aromatic carbocycles. The molecular weight excluding hydrogens is 264 g/mol. The monoisotopic (exact) mass is 280 g/mol. The number of nitrogens with two attached hydrogens (primary N) is 1. The van der Waals surface area contributed by atoms with Gasteiger partial charge in [-0.15, -0.1) is 0 Å². The van der Waals surface area contributed by atoms with Crippen LogP contribution in [0, 0.1) is 0 Å². The Hall–Kier alpha value is -2.57. The summed E-state index contributed by atoms with van der Waals surface area (Å²) in [4.78, 5) is 33.4. The van der Waals surface area contributed by atoms with Crippen LogP contribution in [0.2, 0.25) is 0 Å². The molecule has 0 heterocycles. The number of benzene rings is 1. The van der Waals surface area contributed by atoms with Gasteiger partial charge >= 0.3 is 12.0 Å². The number of primary amides is 1. The molecule has 3 amide bonds. The third-order valence-electron chi connectivity index (χ3n) is 2.43. The van der Waals surface area contributed by atoms with Crippen LogP contribution in [0.15, 0.2) is 24.3 Å². The molecule has 20 heavy (non-hydrogen) atoms. The van der Waals surface area contributed by atoms with Gasteiger partial charge in [0, 0.05) is 0 Å². The summed E-state index contributed by atoms with van der Waals surface area (Å²) in [6, 6.07) is 5.87. The molecular formula is C13H16N2O5. The van der Waals surface area contributed by atoms with Gasteiger partial charge in [-0.1, -0.05) is 12.1 Å². The topological polar surface area (TPSA) is 108 Å². The lowest BCUT2D eigenvalue weighted by Gasteiger charge is -2.12. The van der Waals surface area contributed by atoms with Gasteiger partial charge in [-0.05, 0) is 24.6 Å². The van der Waals surface area contributed by atoms with Crippen molar-refractivity contribution in [3.63, 3.8) is 0 Å². The molecule has 0 saturated carbocycles. The Labute approximate surface area is 116 Å². The predicted molar refractivity (Wildman–Crippen MR) is 70.0 cm³/mol. The van der Waals surface area contributed by atoms with Gasteiger partial charge in [0.15, 0.2) is 6.10 Å². The van der Waals surface area contributed by atoms with Crippen LogP contribution in [0.4, 0.5) is 4.79 Å². The molecule has 108 valence electrons. The summed E-state index contributed by atoms with van der Waals surface area (Å²) in [6.07, 6.45) is -1.08. The fraction of sp³-hybridized carbons (Fsp3) is 0.308. The SMILES string of the molecule is COc1ccc(CC(=O)O[C@H](C)C(=O)NC(N)=O)cc1. The molecule has 0 aromatic heterocycles. The Morgan fingerprint density at radius 3 is 2.35 bits per heavy atom. The third-order valence-corrected chi connectivity index (χ3v) is 2.43. The summed E-state index contributed by atoms with van der Waals surface area (Å²) in [6.45, 7) is 1.35. The van der Waals surface area contributed by atoms with E-state index in [2.05, 4.69) is 0 Å². The minimum atomic E-state index is -1.09. The van der Waals surface area contributed by atoms with E-state index in [1.54, 1.807) is 31.4 Å². The fourth-order valence-corrected chi connectivity index (χ4v) is 1.43. The Morgan fingerprint density at radius 2 is 1.85 bits per heavy atom. The zero-order valence-corrected chi connectivity index (χ0v) is 11.2. The summed E-state index contributed by atoms with van der Waals surface area (Å²) in [5.74, 6) is -0.667. The lowest BCUT2D eigenvalue weighted by atomic mass is 10.1. The number of amides is 3. The molecule has 0 aliphatic carbocycles. The summed E-state index contributed by atoms with van der Waals surface area (Å²) < 4.78 is 9.88. The van der Waals surface area contributed by atoms with E-state index in [4.69, 9.17) is 15.2 Å². The maximum absolute atomic E-state index is 11.6. The van der Waals surface area contributed by atoms with Crippen molar-refractivity contribution in [3.05, 3.63) is 29.8 Å². The maximum Gasteiger partial charge on any atom is 0.318 e. The second-order valence-corrected chi connectivity index (χ2v) is 4.01. The molecule has 0 radical (unpaired) electrons. The highest BCUT2D eigenvalue weighted by molar-refractivity contribution is 5.96. The van der Waals surface area contributed by atoms with E-state index < -0.39 is 24.0 Å². The number of urea groups is 1. The molecule has 7 heteroatoms. The summed E-state index contributed by atoms with van der Waals surface area (Å²) in [5.41, 5.74) is 5.51. The van der Waals surface area contributed by atoms with Crippen LogP contribution in [-0.4, -0.2) is 31.1 Å². The van der Waals surface area contributed by atoms with E-state index in [0.29, 0.717) is 5.75 Å². The standard InChI is InChI=1S/C13H16N2O5/c1-8(12(17)15-13(14)18)20-11(16)7-9-3-5-10(19-2)6-4-9/h3-6,8H,7H2,1-2H3,(H3,14,15,17,18)/t8-/m1/s1. The molecule has 0 aliphatic rings. The predicted octanol–water partition coefficient (Wildman–Crippen LogP) is 0.364. The van der Waals surface area contributed by atoms with Gasteiger partial charge in [-0.2, -0.15) is 0 Å². The number of carbonyl (C=O) groups excluding carboxylic acids is 3. The van der Waals surface area contributed by atoms with Crippen molar-refractivity contribution in [2.45, 2.75) is 19.4 Å². The number of hydrogen-bond donors (Lipinski definition) is 2. The number of methoxy groups -OCH3 is 1. The number of esters is 1. The van der Waals surface area contributed by atoms with E-state index >= 15 is 0 Å². The van der Waals surface area contributed by atoms with Gasteiger partial charge in [0.25, 0.3) is 5.91 Å². The molecule has 0 aliphatic heterocycles. The first-order chi connectivity index (χ1) is 9.42. The lowest BCUT2D eigenvalue weighted by molar-refractivity contribution is -0.153. The minimum Gasteiger partial charge on any atom is -0.497 e. The van der Waals surface area contributed by atoms with Gasteiger partial charge in [0.2, 0.25) is 0 Å². The van der Waals surface area contributed by atoms with Gasteiger partial charge in [0.05, 0.1) is 13.5 Å². The number of carbonyl (C=O) groups is 3. The quantitative estimate of drug-likeness (QED) is 0.757. The van der Waals surface area contributed by atoms with Crippen LogP contribution < -0.4 is 15.8 Å². The van der Waals surface area contributed by atoms with Gasteiger partial charge in [-0.3, -0.25) is 14.9 Å². The van der Waals surface area contributed by atoms with Crippen molar-refractivity contribution in [2.24, 2.45) is 5.73 Å². The van der Waals surface area contributed by atoms with Crippen molar-refractivity contribution in [3.8, 4) is 5.75 Å². The van der Waals surface area contributed by atoms with E-state index in [-0.39, 0.29) is 6.42 Å². The summed E-state index contributed by atoms with van der Waals surface area (Å²) in [7, 11) is 1.54. The number of nitrogens with one attached hydrogen (secondary N) is 1. The van der Waals surface area contributed by atoms with E-state index in [0.717, 1.165) is 5.56 Å². The Kier molecular flexibility index (Phi) is 5.52. The first-order valence-electron chi connectivity index (χ1n) is 5.85. The van der Waals surface area contributed by atoms with Crippen LogP contribution in [0.3, 0.4) is 0 Å². The van der Waals surface area contributed by atoms with E-state index in [1.165, 1.54) is 6.92 Å². The van der Waals surface area contributed by atoms with Crippen LogP contribution in [-0.2, 0) is 20.7 Å². The average Bonchev–Trinajstić information content (AvgIpc) is 2.38. The highest BCUT2D eigenvalue weighted by Crippen LogP contribution is 2.12. The number of imide groups is 1. The fourth-order valence-electron chi connectivity index (χ4n) is 1.43. The highest BCUT2D eigenvalue weighted by atomic mass is 16.5. The molecule has 1 rings (SSSR count). The summed E-state index contributed by atoms with van der Waals surface area (Å²) in [5, 5.41) is 1.83. The first-order valence-corrected chi connectivity index (χ1v) is 5.85. The average molecular weight is 280 g/mol. The lowest BCUT2D eigenvalue weighted by Crippen LogP contribution is -2.42. The molecule has 1 atom stereocenters. The zero-order chi connectivity index (χ0) is 15.1. The van der Waals surface area contributed by atoms with Crippen LogP contribution in [0.25, 0.3) is 0 Å². The van der Waals surface area contributed by atoms with Gasteiger partial charge in [-0.25, -0.2) is 4.79 Å². The smallest absolute Gasteiger partial charge is 0.318 e. The van der Waals surface area contributed by atoms with Crippen molar-refractivity contribution in [1.82, 2.24) is 5.32 Å². The molecule has 1 aromatic rings. The molecule has 0 bridgehead atoms. The molecule has 0 saturated heterocycles. The van der Waals surface area contributed by atoms with Crippen molar-refractivity contribution in [1.29, 1.82) is 0 Å². The maximum atomic E-state index is 11.6. The second kappa shape index (κ2) is 7.13. The molecule has 7 nitrogen and oxygen atoms in total. The van der Waals surface area contributed by atoms with Crippen molar-refractivity contribution >= 4 is 17.9 Å². The van der Waals surface area contributed by atoms with Crippen LogP contribution in [0.5, 0.6) is 5.75 Å². The van der Waals surface area contributed by atoms with E-state index in [9.17, 15) is 14.4 Å². The molecule has 3 N–H and O–H groups in total. The van der Waals surface area contributed by atoms with Crippen LogP contribution in [0.1, 0.15) is 12.5 Å². The van der Waals surface area contributed by atoms with Gasteiger partial charge in [0.1, 0.15) is 5.75 Å². The normalized spacial score (nSPS) is 11.3. The van der Waals surface area contributed by atoms with Crippen LogP contribution >= 0.6 is 0 Å². The Morgan fingerprint density at radius 1 is 1.25 bits per heavy atom. The first kappa shape index (κ1) is 15.5. The van der Waals surface area contributed by atoms with E-state index in [1.807, 2.05) is 5.32 Å². The zero-order valence-electron chi connectivity index (χ0n) is 11.2. The molecule has 0 fully saturated rings. The highest BCUT2D eigenvalue weighted by Gasteiger charge is 2.19. The Bertz CT molecular complexity index is 498. The second-order valence-electron chi connectivity index (χ2n) is 4.01. The molecule has 0 spiro atoms. The number of hydrogen-bond acceptors (Lipinski definition) is 5.